The van der Waals surface area contributed by atoms with Gasteiger partial charge in [-0.1, -0.05) is 24.4 Å². The van der Waals surface area contributed by atoms with Crippen molar-refractivity contribution in [2.24, 2.45) is 5.92 Å². The minimum Gasteiger partial charge on any atom is -0.313 e. The molecule has 1 N–H and O–H groups in total. The Balaban J connectivity index is 2.12. The Kier molecular flexibility index (Phi) is 3.04. The molecule has 14 heavy (non-hydrogen) atoms. The molecule has 0 amide bonds. The van der Waals surface area contributed by atoms with E-state index in [-0.39, 0.29) is 0 Å². The van der Waals surface area contributed by atoms with Crippen LogP contribution in [0.15, 0.2) is 18.5 Å². The first-order valence-corrected chi connectivity index (χ1v) is 5.45. The molecule has 0 aromatic carbocycles. The van der Waals surface area contributed by atoms with Crippen LogP contribution in [0.3, 0.4) is 0 Å². The minimum atomic E-state index is 0.387. The third kappa shape index (κ3) is 2.25. The van der Waals surface area contributed by atoms with Gasteiger partial charge < -0.3 is 5.32 Å². The average molecular weight is 211 g/mol. The number of aromatic nitrogens is 1. The van der Waals surface area contributed by atoms with Crippen molar-refractivity contribution in [2.75, 3.05) is 7.05 Å². The van der Waals surface area contributed by atoms with Crippen molar-refractivity contribution in [3.63, 3.8) is 0 Å². The normalized spacial score (nSPS) is 18.1. The fourth-order valence-electron chi connectivity index (χ4n) is 1.76. The minimum absolute atomic E-state index is 0.387. The van der Waals surface area contributed by atoms with Gasteiger partial charge in [0, 0.05) is 18.4 Å². The summed E-state index contributed by atoms with van der Waals surface area (Å²) in [6, 6.07) is 2.39. The first kappa shape index (κ1) is 9.94. The molecule has 1 unspecified atom stereocenters. The molecule has 0 bridgehead atoms. The molecule has 76 valence electrons. The van der Waals surface area contributed by atoms with Gasteiger partial charge in [0.1, 0.15) is 0 Å². The van der Waals surface area contributed by atoms with Gasteiger partial charge in [0.25, 0.3) is 0 Å². The summed E-state index contributed by atoms with van der Waals surface area (Å²) < 4.78 is 0. The highest BCUT2D eigenvalue weighted by Gasteiger charge is 2.26. The van der Waals surface area contributed by atoms with E-state index in [4.69, 9.17) is 11.6 Å². The average Bonchev–Trinajstić information content (AvgIpc) is 2.99. The first-order chi connectivity index (χ1) is 6.81. The molecule has 1 fully saturated rings. The highest BCUT2D eigenvalue weighted by Crippen LogP contribution is 2.38. The van der Waals surface area contributed by atoms with Crippen molar-refractivity contribution in [1.82, 2.24) is 10.3 Å². The second-order valence-electron chi connectivity index (χ2n) is 3.92. The lowest BCUT2D eigenvalue weighted by Gasteiger charge is -2.17. The van der Waals surface area contributed by atoms with Crippen LogP contribution in [-0.4, -0.2) is 12.0 Å². The molecular weight excluding hydrogens is 196 g/mol. The summed E-state index contributed by atoms with van der Waals surface area (Å²) in [6.07, 6.45) is 7.47. The van der Waals surface area contributed by atoms with Gasteiger partial charge in [-0.3, -0.25) is 4.98 Å². The monoisotopic (exact) mass is 210 g/mol. The summed E-state index contributed by atoms with van der Waals surface area (Å²) >= 11 is 6.10. The number of nitrogens with one attached hydrogen (secondary N) is 1. The van der Waals surface area contributed by atoms with Gasteiger partial charge in [0.05, 0.1) is 5.02 Å². The zero-order chi connectivity index (χ0) is 9.97. The molecular formula is C11H15ClN2. The van der Waals surface area contributed by atoms with E-state index in [0.717, 1.165) is 10.9 Å². The van der Waals surface area contributed by atoms with Crippen LogP contribution in [0, 0.1) is 5.92 Å². The van der Waals surface area contributed by atoms with E-state index in [1.54, 1.807) is 12.4 Å². The molecule has 1 aromatic rings. The molecule has 1 aliphatic rings. The Bertz CT molecular complexity index is 310. The summed E-state index contributed by atoms with van der Waals surface area (Å²) in [7, 11) is 1.99. The molecule has 2 nitrogen and oxygen atoms in total. The van der Waals surface area contributed by atoms with Gasteiger partial charge in [-0.25, -0.2) is 0 Å². The number of hydrogen-bond acceptors (Lipinski definition) is 2. The van der Waals surface area contributed by atoms with Gasteiger partial charge in [0.15, 0.2) is 0 Å². The Morgan fingerprint density at radius 1 is 1.64 bits per heavy atom. The largest absolute Gasteiger partial charge is 0.313 e. The lowest BCUT2D eigenvalue weighted by atomic mass is 10.0. The van der Waals surface area contributed by atoms with Crippen molar-refractivity contribution in [2.45, 2.75) is 25.3 Å². The zero-order valence-corrected chi connectivity index (χ0v) is 9.09. The maximum absolute atomic E-state index is 6.10. The first-order valence-electron chi connectivity index (χ1n) is 5.08. The second-order valence-corrected chi connectivity index (χ2v) is 4.32. The van der Waals surface area contributed by atoms with Crippen LogP contribution >= 0.6 is 11.6 Å². The smallest absolute Gasteiger partial charge is 0.0637 e. The van der Waals surface area contributed by atoms with Crippen molar-refractivity contribution in [3.05, 3.63) is 29.0 Å². The van der Waals surface area contributed by atoms with E-state index in [1.807, 2.05) is 13.1 Å². The van der Waals surface area contributed by atoms with E-state index in [0.29, 0.717) is 6.04 Å². The fourth-order valence-corrected chi connectivity index (χ4v) is 2.01. The summed E-state index contributed by atoms with van der Waals surface area (Å²) in [5.74, 6) is 0.900. The van der Waals surface area contributed by atoms with E-state index in [2.05, 4.69) is 10.3 Å². The Morgan fingerprint density at radius 2 is 2.43 bits per heavy atom. The topological polar surface area (TPSA) is 24.9 Å². The highest BCUT2D eigenvalue weighted by atomic mass is 35.5. The Labute approximate surface area is 89.7 Å². The quantitative estimate of drug-likeness (QED) is 0.827. The molecule has 0 aliphatic heterocycles. The highest BCUT2D eigenvalue weighted by molar-refractivity contribution is 6.31. The molecule has 0 radical (unpaired) electrons. The van der Waals surface area contributed by atoms with Gasteiger partial charge in [-0.05, 0) is 31.0 Å². The molecule has 1 aliphatic carbocycles. The van der Waals surface area contributed by atoms with Crippen LogP contribution in [0.25, 0.3) is 0 Å². The van der Waals surface area contributed by atoms with Crippen LogP contribution in [0.4, 0.5) is 0 Å². The van der Waals surface area contributed by atoms with Crippen LogP contribution in [-0.2, 0) is 0 Å². The Morgan fingerprint density at radius 3 is 3.00 bits per heavy atom. The molecule has 0 spiro atoms. The SMILES string of the molecule is CNC(CC1CC1)c1ccncc1Cl. The second kappa shape index (κ2) is 4.28. The predicted octanol–water partition coefficient (Wildman–Crippen LogP) is 2.80. The van der Waals surface area contributed by atoms with Crippen LogP contribution in [0.2, 0.25) is 5.02 Å². The molecule has 1 saturated carbocycles. The van der Waals surface area contributed by atoms with Crippen LogP contribution in [0.1, 0.15) is 30.9 Å². The summed E-state index contributed by atoms with van der Waals surface area (Å²) in [5.41, 5.74) is 1.18. The number of pyridine rings is 1. The summed E-state index contributed by atoms with van der Waals surface area (Å²) in [5, 5.41) is 4.09. The molecule has 0 saturated heterocycles. The van der Waals surface area contributed by atoms with Gasteiger partial charge >= 0.3 is 0 Å². The van der Waals surface area contributed by atoms with Gasteiger partial charge in [-0.2, -0.15) is 0 Å². The standard InChI is InChI=1S/C11H15ClN2/c1-13-11(6-8-2-3-8)9-4-5-14-7-10(9)12/h4-5,7-8,11,13H,2-3,6H2,1H3. The van der Waals surface area contributed by atoms with Crippen molar-refractivity contribution in [3.8, 4) is 0 Å². The molecule has 1 aromatic heterocycles. The zero-order valence-electron chi connectivity index (χ0n) is 8.33. The van der Waals surface area contributed by atoms with E-state index in [1.165, 1.54) is 24.8 Å². The van der Waals surface area contributed by atoms with Crippen LogP contribution < -0.4 is 5.32 Å². The van der Waals surface area contributed by atoms with Gasteiger partial charge in [0.2, 0.25) is 0 Å². The Hall–Kier alpha value is -0.600. The number of halogens is 1. The predicted molar refractivity (Wildman–Crippen MR) is 58.4 cm³/mol. The molecule has 1 atom stereocenters. The number of nitrogens with zero attached hydrogens (tertiary/aromatic N) is 1. The maximum Gasteiger partial charge on any atom is 0.0637 e. The fraction of sp³-hybridized carbons (Fsp3) is 0.545. The van der Waals surface area contributed by atoms with Crippen LogP contribution in [0.5, 0.6) is 0 Å². The lowest BCUT2D eigenvalue weighted by molar-refractivity contribution is 0.514. The number of rotatable bonds is 4. The summed E-state index contributed by atoms with van der Waals surface area (Å²) in [6.45, 7) is 0. The van der Waals surface area contributed by atoms with Crippen molar-refractivity contribution >= 4 is 11.6 Å². The maximum atomic E-state index is 6.10. The third-order valence-corrected chi connectivity index (χ3v) is 3.11. The van der Waals surface area contributed by atoms with Crippen molar-refractivity contribution < 1.29 is 0 Å². The molecule has 2 rings (SSSR count). The van der Waals surface area contributed by atoms with Gasteiger partial charge in [-0.15, -0.1) is 0 Å². The molecule has 3 heteroatoms. The lowest BCUT2D eigenvalue weighted by Crippen LogP contribution is -2.17. The third-order valence-electron chi connectivity index (χ3n) is 2.79. The van der Waals surface area contributed by atoms with E-state index >= 15 is 0 Å². The summed E-state index contributed by atoms with van der Waals surface area (Å²) in [4.78, 5) is 4.00. The molecule has 1 heterocycles. The van der Waals surface area contributed by atoms with Crippen molar-refractivity contribution in [1.29, 1.82) is 0 Å². The number of hydrogen-bond donors (Lipinski definition) is 1. The van der Waals surface area contributed by atoms with E-state index < -0.39 is 0 Å². The van der Waals surface area contributed by atoms with E-state index in [9.17, 15) is 0 Å².